The molecule has 0 spiro atoms. The first-order valence-electron chi connectivity index (χ1n) is 7.89. The number of amides is 1. The number of carbonyl (C=O) groups is 1. The van der Waals surface area contributed by atoms with Crippen molar-refractivity contribution in [2.75, 3.05) is 7.05 Å². The molecule has 5 nitrogen and oxygen atoms in total. The number of hydrogen-bond acceptors (Lipinski definition) is 4. The number of benzene rings is 2. The second-order valence-electron chi connectivity index (χ2n) is 5.94. The van der Waals surface area contributed by atoms with Crippen molar-refractivity contribution in [3.8, 4) is 11.4 Å². The Balaban J connectivity index is 1.65. The quantitative estimate of drug-likeness (QED) is 0.696. The molecule has 0 aliphatic carbocycles. The zero-order valence-corrected chi connectivity index (χ0v) is 14.8. The number of aromatic nitrogens is 2. The standard InChI is InChI=1S/C19H18ClN3O2/c1-13-5-3-7-15(9-13)19-21-17(25-22-19)12-23(2)18(24)11-14-6-4-8-16(20)10-14/h3-10H,11-12H2,1-2H3. The van der Waals surface area contributed by atoms with Gasteiger partial charge in [-0.2, -0.15) is 4.98 Å². The Morgan fingerprint density at radius 3 is 2.76 bits per heavy atom. The smallest absolute Gasteiger partial charge is 0.246 e. The van der Waals surface area contributed by atoms with Gasteiger partial charge in [0.15, 0.2) is 0 Å². The highest BCUT2D eigenvalue weighted by Gasteiger charge is 2.15. The van der Waals surface area contributed by atoms with E-state index >= 15 is 0 Å². The van der Waals surface area contributed by atoms with E-state index in [1.165, 1.54) is 0 Å². The first-order valence-corrected chi connectivity index (χ1v) is 8.27. The van der Waals surface area contributed by atoms with Crippen molar-refractivity contribution in [1.82, 2.24) is 15.0 Å². The van der Waals surface area contributed by atoms with Crippen LogP contribution < -0.4 is 0 Å². The van der Waals surface area contributed by atoms with Crippen LogP contribution in [-0.4, -0.2) is 28.0 Å². The van der Waals surface area contributed by atoms with Crippen molar-refractivity contribution in [2.45, 2.75) is 19.9 Å². The van der Waals surface area contributed by atoms with Gasteiger partial charge < -0.3 is 9.42 Å². The van der Waals surface area contributed by atoms with Gasteiger partial charge in [0, 0.05) is 17.6 Å². The second kappa shape index (κ2) is 7.49. The van der Waals surface area contributed by atoms with E-state index in [4.69, 9.17) is 16.1 Å². The molecule has 0 aliphatic heterocycles. The molecule has 0 bridgehead atoms. The fraction of sp³-hybridized carbons (Fsp3) is 0.211. The van der Waals surface area contributed by atoms with E-state index in [0.717, 1.165) is 16.7 Å². The van der Waals surface area contributed by atoms with Crippen molar-refractivity contribution in [3.05, 3.63) is 70.6 Å². The maximum atomic E-state index is 12.3. The van der Waals surface area contributed by atoms with E-state index in [9.17, 15) is 4.79 Å². The molecule has 128 valence electrons. The monoisotopic (exact) mass is 355 g/mol. The molecule has 0 unspecified atom stereocenters. The predicted octanol–water partition coefficient (Wildman–Crippen LogP) is 3.90. The number of aryl methyl sites for hydroxylation is 1. The molecule has 0 saturated carbocycles. The van der Waals surface area contributed by atoms with Gasteiger partial charge in [0.05, 0.1) is 13.0 Å². The van der Waals surface area contributed by atoms with Crippen molar-refractivity contribution in [3.63, 3.8) is 0 Å². The lowest BCUT2D eigenvalue weighted by Gasteiger charge is -2.14. The number of hydrogen-bond donors (Lipinski definition) is 0. The highest BCUT2D eigenvalue weighted by molar-refractivity contribution is 6.30. The van der Waals surface area contributed by atoms with E-state index < -0.39 is 0 Å². The predicted molar refractivity (Wildman–Crippen MR) is 96.1 cm³/mol. The molecule has 3 aromatic rings. The fourth-order valence-corrected chi connectivity index (χ4v) is 2.68. The minimum absolute atomic E-state index is 0.0439. The first kappa shape index (κ1) is 17.2. The zero-order valence-electron chi connectivity index (χ0n) is 14.1. The summed E-state index contributed by atoms with van der Waals surface area (Å²) in [6.07, 6.45) is 0.274. The average Bonchev–Trinajstić information content (AvgIpc) is 3.03. The largest absolute Gasteiger partial charge is 0.337 e. The van der Waals surface area contributed by atoms with Gasteiger partial charge in [0.1, 0.15) is 0 Å². The van der Waals surface area contributed by atoms with E-state index in [2.05, 4.69) is 10.1 Å². The second-order valence-corrected chi connectivity index (χ2v) is 6.37. The fourth-order valence-electron chi connectivity index (χ4n) is 2.47. The summed E-state index contributed by atoms with van der Waals surface area (Å²) in [5, 5.41) is 4.61. The highest BCUT2D eigenvalue weighted by Crippen LogP contribution is 2.18. The van der Waals surface area contributed by atoms with Crippen LogP contribution in [0.1, 0.15) is 17.0 Å². The lowest BCUT2D eigenvalue weighted by Crippen LogP contribution is -2.27. The van der Waals surface area contributed by atoms with E-state index in [1.54, 1.807) is 24.1 Å². The summed E-state index contributed by atoms with van der Waals surface area (Å²) in [5.74, 6) is 0.880. The summed E-state index contributed by atoms with van der Waals surface area (Å²) >= 11 is 5.95. The third kappa shape index (κ3) is 4.45. The minimum Gasteiger partial charge on any atom is -0.337 e. The maximum absolute atomic E-state index is 12.3. The number of likely N-dealkylation sites (N-methyl/N-ethyl adjacent to an activating group) is 1. The SMILES string of the molecule is Cc1cccc(-c2noc(CN(C)C(=O)Cc3cccc(Cl)c3)n2)c1. The van der Waals surface area contributed by atoms with Gasteiger partial charge in [-0.25, -0.2) is 0 Å². The Kier molecular flexibility index (Phi) is 5.14. The van der Waals surface area contributed by atoms with Crippen molar-refractivity contribution >= 4 is 17.5 Å². The minimum atomic E-state index is -0.0439. The van der Waals surface area contributed by atoms with Crippen LogP contribution in [0.5, 0.6) is 0 Å². The Labute approximate surface area is 151 Å². The van der Waals surface area contributed by atoms with E-state index in [-0.39, 0.29) is 18.9 Å². The van der Waals surface area contributed by atoms with Gasteiger partial charge in [0.2, 0.25) is 17.6 Å². The molecular formula is C19H18ClN3O2. The molecule has 6 heteroatoms. The molecule has 0 N–H and O–H groups in total. The molecule has 0 atom stereocenters. The summed E-state index contributed by atoms with van der Waals surface area (Å²) < 4.78 is 5.27. The number of carbonyl (C=O) groups excluding carboxylic acids is 1. The Hall–Kier alpha value is -2.66. The van der Waals surface area contributed by atoms with Gasteiger partial charge in [-0.05, 0) is 30.7 Å². The molecule has 0 fully saturated rings. The van der Waals surface area contributed by atoms with Gasteiger partial charge in [-0.1, -0.05) is 52.7 Å². The van der Waals surface area contributed by atoms with Crippen molar-refractivity contribution in [1.29, 1.82) is 0 Å². The van der Waals surface area contributed by atoms with Gasteiger partial charge >= 0.3 is 0 Å². The van der Waals surface area contributed by atoms with Crippen molar-refractivity contribution < 1.29 is 9.32 Å². The van der Waals surface area contributed by atoms with Crippen LogP contribution in [0.25, 0.3) is 11.4 Å². The Morgan fingerprint density at radius 2 is 2.00 bits per heavy atom. The van der Waals surface area contributed by atoms with Gasteiger partial charge in [-0.3, -0.25) is 4.79 Å². The number of halogens is 1. The van der Waals surface area contributed by atoms with Gasteiger partial charge in [-0.15, -0.1) is 0 Å². The van der Waals surface area contributed by atoms with Crippen LogP contribution in [0.2, 0.25) is 5.02 Å². The topological polar surface area (TPSA) is 59.2 Å². The normalized spacial score (nSPS) is 10.7. The summed E-state index contributed by atoms with van der Waals surface area (Å²) in [7, 11) is 1.71. The van der Waals surface area contributed by atoms with Crippen LogP contribution in [0.3, 0.4) is 0 Å². The summed E-state index contributed by atoms with van der Waals surface area (Å²) in [5.41, 5.74) is 2.89. The van der Waals surface area contributed by atoms with Crippen LogP contribution in [0.4, 0.5) is 0 Å². The lowest BCUT2D eigenvalue weighted by molar-refractivity contribution is -0.130. The van der Waals surface area contributed by atoms with Gasteiger partial charge in [0.25, 0.3) is 0 Å². The molecule has 0 aliphatic rings. The molecule has 1 amide bonds. The van der Waals surface area contributed by atoms with Crippen LogP contribution in [-0.2, 0) is 17.8 Å². The third-order valence-electron chi connectivity index (χ3n) is 3.79. The molecule has 0 saturated heterocycles. The number of nitrogens with zero attached hydrogens (tertiary/aromatic N) is 3. The molecule has 1 aromatic heterocycles. The van der Waals surface area contributed by atoms with E-state index in [1.807, 2.05) is 43.3 Å². The van der Waals surface area contributed by atoms with E-state index in [0.29, 0.717) is 16.7 Å². The van der Waals surface area contributed by atoms with Crippen LogP contribution in [0, 0.1) is 6.92 Å². The third-order valence-corrected chi connectivity index (χ3v) is 4.02. The van der Waals surface area contributed by atoms with Crippen LogP contribution in [0.15, 0.2) is 53.1 Å². The molecule has 0 radical (unpaired) electrons. The highest BCUT2D eigenvalue weighted by atomic mass is 35.5. The molecular weight excluding hydrogens is 338 g/mol. The Bertz CT molecular complexity index is 892. The van der Waals surface area contributed by atoms with Crippen LogP contribution >= 0.6 is 11.6 Å². The average molecular weight is 356 g/mol. The summed E-state index contributed by atoms with van der Waals surface area (Å²) in [6, 6.07) is 15.1. The molecule has 2 aromatic carbocycles. The Morgan fingerprint density at radius 1 is 1.20 bits per heavy atom. The molecule has 1 heterocycles. The summed E-state index contributed by atoms with van der Waals surface area (Å²) in [4.78, 5) is 18.3. The first-order chi connectivity index (χ1) is 12.0. The lowest BCUT2D eigenvalue weighted by atomic mass is 10.1. The molecule has 25 heavy (non-hydrogen) atoms. The maximum Gasteiger partial charge on any atom is 0.246 e. The molecule has 3 rings (SSSR count). The summed E-state index contributed by atoms with van der Waals surface area (Å²) in [6.45, 7) is 2.27. The van der Waals surface area contributed by atoms with Crippen molar-refractivity contribution in [2.24, 2.45) is 0 Å². The number of rotatable bonds is 5. The zero-order chi connectivity index (χ0) is 17.8.